The summed E-state index contributed by atoms with van der Waals surface area (Å²) in [4.78, 5) is 14.5. The lowest BCUT2D eigenvalue weighted by atomic mass is 10.0. The third-order valence-corrected chi connectivity index (χ3v) is 5.67. The topological polar surface area (TPSA) is 41.6 Å². The van der Waals surface area contributed by atoms with E-state index in [1.54, 1.807) is 0 Å². The fourth-order valence-corrected chi connectivity index (χ4v) is 3.55. The highest BCUT2D eigenvalue weighted by Crippen LogP contribution is 2.13. The number of hydrogen-bond acceptors (Lipinski definition) is 3. The summed E-state index contributed by atoms with van der Waals surface area (Å²) in [5, 5.41) is 3.00. The highest BCUT2D eigenvalue weighted by molar-refractivity contribution is 5.68. The van der Waals surface area contributed by atoms with Gasteiger partial charge in [-0.1, -0.05) is 95.0 Å². The molecule has 0 atom stereocenters. The number of rotatable bonds is 17. The number of carbonyl (C=O) groups excluding carboxylic acids is 1. The maximum atomic E-state index is 12.1. The normalized spacial score (nSPS) is 11.6. The molecule has 0 spiro atoms. The molecule has 1 rings (SSSR count). The van der Waals surface area contributed by atoms with Gasteiger partial charge in [0.05, 0.1) is 0 Å². The van der Waals surface area contributed by atoms with Gasteiger partial charge in [-0.25, -0.2) is 4.79 Å². The Hall–Kier alpha value is -1.55. The Morgan fingerprint density at radius 2 is 1.47 bits per heavy atom. The van der Waals surface area contributed by atoms with Crippen LogP contribution in [0.3, 0.4) is 0 Å². The van der Waals surface area contributed by atoms with E-state index >= 15 is 0 Å². The minimum Gasteiger partial charge on any atom is -0.445 e. The monoisotopic (exact) mass is 418 g/mol. The van der Waals surface area contributed by atoms with E-state index in [-0.39, 0.29) is 11.6 Å². The van der Waals surface area contributed by atoms with Crippen LogP contribution in [0.15, 0.2) is 30.3 Å². The summed E-state index contributed by atoms with van der Waals surface area (Å²) in [7, 11) is 2.18. The van der Waals surface area contributed by atoms with Crippen LogP contribution in [0.1, 0.15) is 97.0 Å². The van der Waals surface area contributed by atoms with Crippen LogP contribution in [0.5, 0.6) is 0 Å². The summed E-state index contributed by atoms with van der Waals surface area (Å²) in [5.74, 6) is 0. The van der Waals surface area contributed by atoms with Gasteiger partial charge in [0.25, 0.3) is 0 Å². The Morgan fingerprint density at radius 1 is 0.900 bits per heavy atom. The van der Waals surface area contributed by atoms with Crippen molar-refractivity contribution in [1.29, 1.82) is 0 Å². The van der Waals surface area contributed by atoms with Gasteiger partial charge in [-0.05, 0) is 45.8 Å². The zero-order valence-electron chi connectivity index (χ0n) is 20.0. The van der Waals surface area contributed by atoms with E-state index in [2.05, 4.69) is 38.0 Å². The van der Waals surface area contributed by atoms with Crippen molar-refractivity contribution in [3.63, 3.8) is 0 Å². The van der Waals surface area contributed by atoms with Crippen LogP contribution >= 0.6 is 0 Å². The van der Waals surface area contributed by atoms with Crippen LogP contribution in [0.25, 0.3) is 0 Å². The number of carbonyl (C=O) groups is 1. The quantitative estimate of drug-likeness (QED) is 0.279. The molecule has 0 aliphatic heterocycles. The standard InChI is InChI=1S/C26H46N2O2/c1-5-6-7-8-9-10-11-12-13-17-21-28(4)22-20-26(2,3)27-25(29)30-23-24-18-15-14-16-19-24/h14-16,18-19H,5-13,17,20-23H2,1-4H3,(H,27,29). The Bertz CT molecular complexity index is 545. The van der Waals surface area contributed by atoms with Crippen molar-refractivity contribution in [2.75, 3.05) is 20.1 Å². The van der Waals surface area contributed by atoms with Gasteiger partial charge in [0.15, 0.2) is 0 Å². The number of ether oxygens (including phenoxy) is 1. The van der Waals surface area contributed by atoms with Gasteiger partial charge in [-0.3, -0.25) is 0 Å². The Morgan fingerprint density at radius 3 is 2.07 bits per heavy atom. The van der Waals surface area contributed by atoms with Gasteiger partial charge in [0.1, 0.15) is 6.61 Å². The molecule has 0 saturated heterocycles. The second kappa shape index (κ2) is 16.2. The van der Waals surface area contributed by atoms with Gasteiger partial charge in [0, 0.05) is 12.1 Å². The van der Waals surface area contributed by atoms with Crippen molar-refractivity contribution >= 4 is 6.09 Å². The van der Waals surface area contributed by atoms with E-state index in [4.69, 9.17) is 4.74 Å². The summed E-state index contributed by atoms with van der Waals surface area (Å²) in [5.41, 5.74) is 0.724. The van der Waals surface area contributed by atoms with Crippen molar-refractivity contribution in [3.05, 3.63) is 35.9 Å². The first kappa shape index (κ1) is 26.5. The zero-order valence-corrected chi connectivity index (χ0v) is 20.0. The fraction of sp³-hybridized carbons (Fsp3) is 0.731. The van der Waals surface area contributed by atoms with Crippen LogP contribution in [0.4, 0.5) is 4.79 Å². The Labute approximate surface area is 185 Å². The van der Waals surface area contributed by atoms with Crippen molar-refractivity contribution in [1.82, 2.24) is 10.2 Å². The molecule has 1 aromatic carbocycles. The maximum Gasteiger partial charge on any atom is 0.407 e. The van der Waals surface area contributed by atoms with Crippen LogP contribution in [-0.4, -0.2) is 36.7 Å². The summed E-state index contributed by atoms with van der Waals surface area (Å²) >= 11 is 0. The molecule has 172 valence electrons. The molecule has 0 saturated carbocycles. The highest BCUT2D eigenvalue weighted by Gasteiger charge is 2.21. The molecule has 0 aliphatic rings. The van der Waals surface area contributed by atoms with E-state index in [0.717, 1.165) is 25.1 Å². The molecule has 30 heavy (non-hydrogen) atoms. The van der Waals surface area contributed by atoms with E-state index in [9.17, 15) is 4.79 Å². The van der Waals surface area contributed by atoms with Crippen molar-refractivity contribution < 1.29 is 9.53 Å². The van der Waals surface area contributed by atoms with Gasteiger partial charge >= 0.3 is 6.09 Å². The van der Waals surface area contributed by atoms with E-state index in [0.29, 0.717) is 6.61 Å². The lowest BCUT2D eigenvalue weighted by Gasteiger charge is -2.28. The highest BCUT2D eigenvalue weighted by atomic mass is 16.5. The van der Waals surface area contributed by atoms with E-state index in [1.165, 1.54) is 64.2 Å². The number of amides is 1. The van der Waals surface area contributed by atoms with Crippen molar-refractivity contribution in [2.24, 2.45) is 0 Å². The number of benzene rings is 1. The zero-order chi connectivity index (χ0) is 22.1. The van der Waals surface area contributed by atoms with E-state index in [1.807, 2.05) is 30.3 Å². The smallest absolute Gasteiger partial charge is 0.407 e. The van der Waals surface area contributed by atoms with Gasteiger partial charge < -0.3 is 15.0 Å². The summed E-state index contributed by atoms with van der Waals surface area (Å²) < 4.78 is 5.35. The molecule has 0 aromatic heterocycles. The van der Waals surface area contributed by atoms with Crippen molar-refractivity contribution in [2.45, 2.75) is 104 Å². The molecule has 0 unspecified atom stereocenters. The molecular formula is C26H46N2O2. The number of unbranched alkanes of at least 4 members (excludes halogenated alkanes) is 9. The lowest BCUT2D eigenvalue weighted by molar-refractivity contribution is 0.126. The van der Waals surface area contributed by atoms with Gasteiger partial charge in [-0.15, -0.1) is 0 Å². The largest absolute Gasteiger partial charge is 0.445 e. The predicted molar refractivity (Wildman–Crippen MR) is 128 cm³/mol. The minimum absolute atomic E-state index is 0.278. The third kappa shape index (κ3) is 14.4. The van der Waals surface area contributed by atoms with Crippen molar-refractivity contribution in [3.8, 4) is 0 Å². The molecule has 0 aliphatic carbocycles. The molecule has 0 radical (unpaired) electrons. The summed E-state index contributed by atoms with van der Waals surface area (Å²) in [6.45, 7) is 8.81. The first-order valence-electron chi connectivity index (χ1n) is 12.1. The Kier molecular flexibility index (Phi) is 14.3. The molecule has 1 aromatic rings. The van der Waals surface area contributed by atoms with Crippen LogP contribution in [0.2, 0.25) is 0 Å². The fourth-order valence-electron chi connectivity index (χ4n) is 3.55. The number of alkyl carbamates (subject to hydrolysis) is 1. The summed E-state index contributed by atoms with van der Waals surface area (Å²) in [6.07, 6.45) is 14.3. The molecule has 4 heteroatoms. The van der Waals surface area contributed by atoms with Gasteiger partial charge in [-0.2, -0.15) is 0 Å². The molecule has 1 N–H and O–H groups in total. The average molecular weight is 419 g/mol. The van der Waals surface area contributed by atoms with Crippen LogP contribution in [-0.2, 0) is 11.3 Å². The third-order valence-electron chi connectivity index (χ3n) is 5.67. The molecular weight excluding hydrogens is 372 g/mol. The summed E-state index contributed by atoms with van der Waals surface area (Å²) in [6, 6.07) is 9.77. The SMILES string of the molecule is CCCCCCCCCCCCN(C)CCC(C)(C)NC(=O)OCc1ccccc1. The number of hydrogen-bond donors (Lipinski definition) is 1. The molecule has 0 bridgehead atoms. The molecule has 0 heterocycles. The van der Waals surface area contributed by atoms with E-state index < -0.39 is 0 Å². The number of nitrogens with zero attached hydrogens (tertiary/aromatic N) is 1. The van der Waals surface area contributed by atoms with Crippen LogP contribution in [0, 0.1) is 0 Å². The van der Waals surface area contributed by atoms with Crippen LogP contribution < -0.4 is 5.32 Å². The predicted octanol–water partition coefficient (Wildman–Crippen LogP) is 6.93. The lowest BCUT2D eigenvalue weighted by Crippen LogP contribution is -2.45. The second-order valence-electron chi connectivity index (χ2n) is 9.31. The number of nitrogens with one attached hydrogen (secondary N) is 1. The molecule has 4 nitrogen and oxygen atoms in total. The maximum absolute atomic E-state index is 12.1. The average Bonchev–Trinajstić information content (AvgIpc) is 2.72. The minimum atomic E-state index is -0.346. The first-order valence-corrected chi connectivity index (χ1v) is 12.1. The molecule has 1 amide bonds. The first-order chi connectivity index (χ1) is 14.4. The molecule has 0 fully saturated rings. The second-order valence-corrected chi connectivity index (χ2v) is 9.31. The Balaban J connectivity index is 2.04. The van der Waals surface area contributed by atoms with Gasteiger partial charge in [0.2, 0.25) is 0 Å².